The average Bonchev–Trinajstić information content (AvgIpc) is 2.38. The summed E-state index contributed by atoms with van der Waals surface area (Å²) in [7, 11) is 0. The average molecular weight is 262 g/mol. The first kappa shape index (κ1) is 16.2. The minimum absolute atomic E-state index is 0.144. The molecule has 2 heteroatoms. The van der Waals surface area contributed by atoms with Crippen molar-refractivity contribution in [2.45, 2.75) is 58.4 Å². The van der Waals surface area contributed by atoms with Gasteiger partial charge in [-0.2, -0.15) is 0 Å². The van der Waals surface area contributed by atoms with Crippen molar-refractivity contribution in [3.8, 4) is 0 Å². The van der Waals surface area contributed by atoms with Gasteiger partial charge < -0.3 is 11.1 Å². The molecule has 0 aliphatic rings. The highest BCUT2D eigenvalue weighted by atomic mass is 14.9. The number of hydrogen-bond acceptors (Lipinski definition) is 2. The van der Waals surface area contributed by atoms with Crippen molar-refractivity contribution in [3.63, 3.8) is 0 Å². The fraction of sp³-hybridized carbons (Fsp3) is 0.647. The molecule has 0 bridgehead atoms. The van der Waals surface area contributed by atoms with Gasteiger partial charge in [0.1, 0.15) is 0 Å². The van der Waals surface area contributed by atoms with E-state index in [-0.39, 0.29) is 5.54 Å². The molecule has 1 unspecified atom stereocenters. The number of hydrogen-bond donors (Lipinski definition) is 2. The van der Waals surface area contributed by atoms with Crippen molar-refractivity contribution in [3.05, 3.63) is 35.4 Å². The Labute approximate surface area is 118 Å². The summed E-state index contributed by atoms with van der Waals surface area (Å²) in [5.74, 6) is 0.663. The standard InChI is InChI=1S/C17H30N2/c1-5-14(2)16-8-6-15(7-9-16)10-13-19-17(3,4)11-12-18/h6-9,14,19H,5,10-13,18H2,1-4H3. The fourth-order valence-corrected chi connectivity index (χ4v) is 2.24. The zero-order valence-corrected chi connectivity index (χ0v) is 13.0. The van der Waals surface area contributed by atoms with Crippen molar-refractivity contribution < 1.29 is 0 Å². The summed E-state index contributed by atoms with van der Waals surface area (Å²) in [4.78, 5) is 0. The molecule has 0 fully saturated rings. The molecule has 0 heterocycles. The second-order valence-electron chi connectivity index (χ2n) is 6.15. The molecule has 1 atom stereocenters. The van der Waals surface area contributed by atoms with Crippen LogP contribution < -0.4 is 11.1 Å². The lowest BCUT2D eigenvalue weighted by Crippen LogP contribution is -2.41. The number of benzene rings is 1. The van der Waals surface area contributed by atoms with Gasteiger partial charge in [-0.15, -0.1) is 0 Å². The van der Waals surface area contributed by atoms with Gasteiger partial charge in [0.05, 0.1) is 0 Å². The van der Waals surface area contributed by atoms with Gasteiger partial charge in [-0.05, 0) is 63.2 Å². The van der Waals surface area contributed by atoms with Gasteiger partial charge in [-0.25, -0.2) is 0 Å². The lowest BCUT2D eigenvalue weighted by molar-refractivity contribution is 0.370. The van der Waals surface area contributed by atoms with E-state index in [4.69, 9.17) is 5.73 Å². The van der Waals surface area contributed by atoms with Crippen molar-refractivity contribution in [2.75, 3.05) is 13.1 Å². The molecule has 0 spiro atoms. The van der Waals surface area contributed by atoms with Crippen LogP contribution in [0.5, 0.6) is 0 Å². The van der Waals surface area contributed by atoms with Gasteiger partial charge in [0, 0.05) is 5.54 Å². The Morgan fingerprint density at radius 3 is 2.37 bits per heavy atom. The SMILES string of the molecule is CCC(C)c1ccc(CCNC(C)(C)CCN)cc1. The van der Waals surface area contributed by atoms with E-state index >= 15 is 0 Å². The van der Waals surface area contributed by atoms with E-state index in [0.29, 0.717) is 5.92 Å². The molecule has 19 heavy (non-hydrogen) atoms. The van der Waals surface area contributed by atoms with Crippen LogP contribution in [-0.2, 0) is 6.42 Å². The molecule has 0 aromatic heterocycles. The van der Waals surface area contributed by atoms with E-state index in [1.54, 1.807) is 0 Å². The third kappa shape index (κ3) is 5.75. The lowest BCUT2D eigenvalue weighted by atomic mass is 9.96. The van der Waals surface area contributed by atoms with Crippen LogP contribution in [0, 0.1) is 0 Å². The Bertz CT molecular complexity index is 354. The maximum absolute atomic E-state index is 5.62. The molecule has 0 aliphatic carbocycles. The maximum atomic E-state index is 5.62. The lowest BCUT2D eigenvalue weighted by Gasteiger charge is -2.25. The zero-order chi connectivity index (χ0) is 14.3. The van der Waals surface area contributed by atoms with Crippen molar-refractivity contribution >= 4 is 0 Å². The van der Waals surface area contributed by atoms with Crippen LogP contribution in [0.1, 0.15) is 57.6 Å². The van der Waals surface area contributed by atoms with Crippen LogP contribution >= 0.6 is 0 Å². The first-order valence-electron chi connectivity index (χ1n) is 7.52. The van der Waals surface area contributed by atoms with Crippen LogP contribution in [0.4, 0.5) is 0 Å². The molecular formula is C17H30N2. The minimum Gasteiger partial charge on any atom is -0.330 e. The fourth-order valence-electron chi connectivity index (χ4n) is 2.24. The molecule has 0 aliphatic heterocycles. The van der Waals surface area contributed by atoms with Crippen LogP contribution in [0.25, 0.3) is 0 Å². The smallest absolute Gasteiger partial charge is 0.0137 e. The summed E-state index contributed by atoms with van der Waals surface area (Å²) in [5, 5.41) is 3.58. The topological polar surface area (TPSA) is 38.0 Å². The van der Waals surface area contributed by atoms with Gasteiger partial charge in [0.15, 0.2) is 0 Å². The highest BCUT2D eigenvalue weighted by Crippen LogP contribution is 2.19. The quantitative estimate of drug-likeness (QED) is 0.753. The van der Waals surface area contributed by atoms with Crippen LogP contribution in [0.2, 0.25) is 0 Å². The number of nitrogens with one attached hydrogen (secondary N) is 1. The van der Waals surface area contributed by atoms with Crippen molar-refractivity contribution in [2.24, 2.45) is 5.73 Å². The van der Waals surface area contributed by atoms with Gasteiger partial charge in [-0.3, -0.25) is 0 Å². The Morgan fingerprint density at radius 1 is 1.21 bits per heavy atom. The van der Waals surface area contributed by atoms with E-state index in [2.05, 4.69) is 57.3 Å². The number of rotatable bonds is 8. The van der Waals surface area contributed by atoms with Crippen molar-refractivity contribution in [1.29, 1.82) is 0 Å². The van der Waals surface area contributed by atoms with E-state index in [1.807, 2.05) is 0 Å². The maximum Gasteiger partial charge on any atom is 0.0137 e. The number of nitrogens with two attached hydrogens (primary N) is 1. The first-order valence-corrected chi connectivity index (χ1v) is 7.52. The molecule has 0 saturated carbocycles. The molecule has 1 aromatic rings. The first-order chi connectivity index (χ1) is 8.98. The van der Waals surface area contributed by atoms with Gasteiger partial charge in [0.2, 0.25) is 0 Å². The Hall–Kier alpha value is -0.860. The Morgan fingerprint density at radius 2 is 1.84 bits per heavy atom. The van der Waals surface area contributed by atoms with Crippen LogP contribution in [0.15, 0.2) is 24.3 Å². The predicted octanol–water partition coefficient (Wildman–Crippen LogP) is 3.46. The second kappa shape index (κ2) is 7.66. The molecule has 108 valence electrons. The molecule has 3 N–H and O–H groups in total. The minimum atomic E-state index is 0.144. The molecule has 0 amide bonds. The monoisotopic (exact) mass is 262 g/mol. The van der Waals surface area contributed by atoms with E-state index in [1.165, 1.54) is 17.5 Å². The molecule has 0 radical (unpaired) electrons. The van der Waals surface area contributed by atoms with Gasteiger partial charge in [0.25, 0.3) is 0 Å². The summed E-state index contributed by atoms with van der Waals surface area (Å²) in [5.41, 5.74) is 8.61. The van der Waals surface area contributed by atoms with Crippen LogP contribution in [-0.4, -0.2) is 18.6 Å². The van der Waals surface area contributed by atoms with Crippen LogP contribution in [0.3, 0.4) is 0 Å². The summed E-state index contributed by atoms with van der Waals surface area (Å²) < 4.78 is 0. The zero-order valence-electron chi connectivity index (χ0n) is 13.0. The molecule has 0 saturated heterocycles. The molecule has 2 nitrogen and oxygen atoms in total. The Balaban J connectivity index is 2.42. The summed E-state index contributed by atoms with van der Waals surface area (Å²) in [6.07, 6.45) is 3.29. The highest BCUT2D eigenvalue weighted by molar-refractivity contribution is 5.25. The van der Waals surface area contributed by atoms with Gasteiger partial charge >= 0.3 is 0 Å². The summed E-state index contributed by atoms with van der Waals surface area (Å²) >= 11 is 0. The highest BCUT2D eigenvalue weighted by Gasteiger charge is 2.14. The summed E-state index contributed by atoms with van der Waals surface area (Å²) in [6, 6.07) is 9.07. The largest absolute Gasteiger partial charge is 0.330 e. The van der Waals surface area contributed by atoms with E-state index in [0.717, 1.165) is 25.9 Å². The Kier molecular flexibility index (Phi) is 6.53. The third-order valence-electron chi connectivity index (χ3n) is 3.95. The van der Waals surface area contributed by atoms with E-state index in [9.17, 15) is 0 Å². The van der Waals surface area contributed by atoms with E-state index < -0.39 is 0 Å². The summed E-state index contributed by atoms with van der Waals surface area (Å²) in [6.45, 7) is 10.7. The van der Waals surface area contributed by atoms with Gasteiger partial charge in [-0.1, -0.05) is 38.1 Å². The molecule has 1 aromatic carbocycles. The van der Waals surface area contributed by atoms with Crippen molar-refractivity contribution in [1.82, 2.24) is 5.32 Å². The second-order valence-corrected chi connectivity index (χ2v) is 6.15. The molecule has 1 rings (SSSR count). The molecular weight excluding hydrogens is 232 g/mol. The predicted molar refractivity (Wildman–Crippen MR) is 84.6 cm³/mol. The normalized spacial score (nSPS) is 13.5. The third-order valence-corrected chi connectivity index (χ3v) is 3.95.